The van der Waals surface area contributed by atoms with Crippen LogP contribution in [-0.4, -0.2) is 38.0 Å². The smallest absolute Gasteiger partial charge is 0.251 e. The third-order valence-corrected chi connectivity index (χ3v) is 3.11. The molecule has 0 saturated heterocycles. The number of amides is 1. The van der Waals surface area contributed by atoms with E-state index in [0.29, 0.717) is 12.5 Å². The molecule has 1 aromatic rings. The zero-order chi connectivity index (χ0) is 12.8. The Morgan fingerprint density at radius 2 is 1.94 bits per heavy atom. The lowest BCUT2D eigenvalue weighted by atomic mass is 10.1. The number of nitrogens with one attached hydrogen (secondary N) is 1. The molecule has 1 amide bonds. The highest BCUT2D eigenvalue weighted by atomic mass is 127. The van der Waals surface area contributed by atoms with E-state index < -0.39 is 0 Å². The molecule has 0 aromatic heterocycles. The SMILES string of the molecule is C[C@H](CNC(=O)c1ccc(I)cc1)CN(C)C. The molecule has 1 atom stereocenters. The van der Waals surface area contributed by atoms with E-state index in [0.717, 1.165) is 15.7 Å². The second kappa shape index (κ2) is 6.96. The summed E-state index contributed by atoms with van der Waals surface area (Å²) in [6.07, 6.45) is 0. The highest BCUT2D eigenvalue weighted by Gasteiger charge is 2.08. The van der Waals surface area contributed by atoms with Crippen LogP contribution in [-0.2, 0) is 0 Å². The van der Waals surface area contributed by atoms with Crippen LogP contribution in [0.3, 0.4) is 0 Å². The van der Waals surface area contributed by atoms with E-state index in [-0.39, 0.29) is 5.91 Å². The zero-order valence-electron chi connectivity index (χ0n) is 10.5. The lowest BCUT2D eigenvalue weighted by molar-refractivity contribution is 0.0946. The number of rotatable bonds is 5. The Morgan fingerprint density at radius 1 is 1.35 bits per heavy atom. The van der Waals surface area contributed by atoms with Gasteiger partial charge in [0, 0.05) is 22.2 Å². The molecule has 4 heteroatoms. The van der Waals surface area contributed by atoms with Gasteiger partial charge in [0.2, 0.25) is 0 Å². The minimum Gasteiger partial charge on any atom is -0.352 e. The van der Waals surface area contributed by atoms with Crippen molar-refractivity contribution in [3.8, 4) is 0 Å². The highest BCUT2D eigenvalue weighted by molar-refractivity contribution is 14.1. The number of carbonyl (C=O) groups excluding carboxylic acids is 1. The molecule has 0 spiro atoms. The Morgan fingerprint density at radius 3 is 2.47 bits per heavy atom. The van der Waals surface area contributed by atoms with Gasteiger partial charge in [0.25, 0.3) is 5.91 Å². The molecule has 0 fully saturated rings. The number of carbonyl (C=O) groups is 1. The van der Waals surface area contributed by atoms with E-state index in [1.54, 1.807) is 0 Å². The molecular weight excluding hydrogens is 327 g/mol. The molecule has 0 radical (unpaired) electrons. The predicted molar refractivity (Wildman–Crippen MR) is 79.2 cm³/mol. The van der Waals surface area contributed by atoms with Crippen molar-refractivity contribution < 1.29 is 4.79 Å². The maximum atomic E-state index is 11.8. The molecule has 0 saturated carbocycles. The first-order valence-corrected chi connectivity index (χ1v) is 6.75. The third kappa shape index (κ3) is 5.50. The minimum atomic E-state index is 0.00649. The molecule has 0 bridgehead atoms. The quantitative estimate of drug-likeness (QED) is 0.830. The fourth-order valence-corrected chi connectivity index (χ4v) is 2.02. The van der Waals surface area contributed by atoms with E-state index in [9.17, 15) is 4.79 Å². The van der Waals surface area contributed by atoms with Crippen LogP contribution < -0.4 is 5.32 Å². The van der Waals surface area contributed by atoms with E-state index in [1.807, 2.05) is 38.4 Å². The van der Waals surface area contributed by atoms with Crippen molar-refractivity contribution in [1.82, 2.24) is 10.2 Å². The van der Waals surface area contributed by atoms with Crippen LogP contribution >= 0.6 is 22.6 Å². The summed E-state index contributed by atoms with van der Waals surface area (Å²) in [6, 6.07) is 7.60. The summed E-state index contributed by atoms with van der Waals surface area (Å²) in [6.45, 7) is 3.82. The molecule has 0 aliphatic rings. The predicted octanol–water partition coefficient (Wildman–Crippen LogP) is 2.22. The molecule has 0 aliphatic heterocycles. The van der Waals surface area contributed by atoms with E-state index in [1.165, 1.54) is 0 Å². The molecule has 94 valence electrons. The van der Waals surface area contributed by atoms with Gasteiger partial charge in [-0.05, 0) is 66.9 Å². The van der Waals surface area contributed by atoms with Crippen LogP contribution in [0.5, 0.6) is 0 Å². The molecule has 0 aliphatic carbocycles. The van der Waals surface area contributed by atoms with Crippen LogP contribution in [0.1, 0.15) is 17.3 Å². The molecular formula is C13H19IN2O. The Hall–Kier alpha value is -0.620. The summed E-state index contributed by atoms with van der Waals surface area (Å²) in [5, 5.41) is 2.96. The molecule has 1 aromatic carbocycles. The summed E-state index contributed by atoms with van der Waals surface area (Å²) in [4.78, 5) is 13.9. The van der Waals surface area contributed by atoms with E-state index in [2.05, 4.69) is 39.7 Å². The Balaban J connectivity index is 2.42. The van der Waals surface area contributed by atoms with Crippen LogP contribution in [0.2, 0.25) is 0 Å². The first kappa shape index (κ1) is 14.4. The second-order valence-corrected chi connectivity index (χ2v) is 5.83. The summed E-state index contributed by atoms with van der Waals surface area (Å²) in [7, 11) is 4.08. The van der Waals surface area contributed by atoms with E-state index in [4.69, 9.17) is 0 Å². The van der Waals surface area contributed by atoms with Crippen LogP contribution in [0.25, 0.3) is 0 Å². The first-order valence-electron chi connectivity index (χ1n) is 5.67. The molecule has 17 heavy (non-hydrogen) atoms. The fraction of sp³-hybridized carbons (Fsp3) is 0.462. The van der Waals surface area contributed by atoms with Crippen molar-refractivity contribution in [3.63, 3.8) is 0 Å². The normalized spacial score (nSPS) is 12.5. The van der Waals surface area contributed by atoms with Gasteiger partial charge in [0.1, 0.15) is 0 Å². The summed E-state index contributed by atoms with van der Waals surface area (Å²) < 4.78 is 1.14. The minimum absolute atomic E-state index is 0.00649. The molecule has 1 N–H and O–H groups in total. The number of halogens is 1. The first-order chi connectivity index (χ1) is 7.99. The van der Waals surface area contributed by atoms with Crippen molar-refractivity contribution in [2.75, 3.05) is 27.2 Å². The van der Waals surface area contributed by atoms with Gasteiger partial charge in [0.15, 0.2) is 0 Å². The summed E-state index contributed by atoms with van der Waals surface area (Å²) in [5.74, 6) is 0.463. The van der Waals surface area contributed by atoms with Crippen molar-refractivity contribution in [2.24, 2.45) is 5.92 Å². The summed E-state index contributed by atoms with van der Waals surface area (Å²) in [5.41, 5.74) is 0.725. The van der Waals surface area contributed by atoms with Crippen LogP contribution in [0, 0.1) is 9.49 Å². The van der Waals surface area contributed by atoms with Gasteiger partial charge >= 0.3 is 0 Å². The van der Waals surface area contributed by atoms with Gasteiger partial charge < -0.3 is 10.2 Å². The third-order valence-electron chi connectivity index (χ3n) is 2.39. The number of benzene rings is 1. The van der Waals surface area contributed by atoms with Gasteiger partial charge in [-0.15, -0.1) is 0 Å². The number of hydrogen-bond acceptors (Lipinski definition) is 2. The topological polar surface area (TPSA) is 32.3 Å². The lowest BCUT2D eigenvalue weighted by Crippen LogP contribution is -2.32. The number of hydrogen-bond donors (Lipinski definition) is 1. The van der Waals surface area contributed by atoms with Gasteiger partial charge in [-0.25, -0.2) is 0 Å². The zero-order valence-corrected chi connectivity index (χ0v) is 12.7. The van der Waals surface area contributed by atoms with Crippen LogP contribution in [0.15, 0.2) is 24.3 Å². The van der Waals surface area contributed by atoms with Crippen molar-refractivity contribution in [2.45, 2.75) is 6.92 Å². The van der Waals surface area contributed by atoms with Crippen molar-refractivity contribution in [1.29, 1.82) is 0 Å². The van der Waals surface area contributed by atoms with Gasteiger partial charge in [-0.1, -0.05) is 6.92 Å². The maximum absolute atomic E-state index is 11.8. The second-order valence-electron chi connectivity index (χ2n) is 4.58. The van der Waals surface area contributed by atoms with E-state index >= 15 is 0 Å². The van der Waals surface area contributed by atoms with Crippen molar-refractivity contribution in [3.05, 3.63) is 33.4 Å². The lowest BCUT2D eigenvalue weighted by Gasteiger charge is -2.17. The molecule has 1 rings (SSSR count). The number of nitrogens with zero attached hydrogens (tertiary/aromatic N) is 1. The van der Waals surface area contributed by atoms with Gasteiger partial charge in [0.05, 0.1) is 0 Å². The maximum Gasteiger partial charge on any atom is 0.251 e. The summed E-state index contributed by atoms with van der Waals surface area (Å²) >= 11 is 2.23. The monoisotopic (exact) mass is 346 g/mol. The average Bonchev–Trinajstić information content (AvgIpc) is 2.26. The Bertz CT molecular complexity index is 362. The van der Waals surface area contributed by atoms with Crippen LogP contribution in [0.4, 0.5) is 0 Å². The van der Waals surface area contributed by atoms with Crippen molar-refractivity contribution >= 4 is 28.5 Å². The van der Waals surface area contributed by atoms with Gasteiger partial charge in [-0.3, -0.25) is 4.79 Å². The largest absolute Gasteiger partial charge is 0.352 e. The standard InChI is InChI=1S/C13H19IN2O/c1-10(9-16(2)3)8-15-13(17)11-4-6-12(14)7-5-11/h4-7,10H,8-9H2,1-3H3,(H,15,17)/t10-/m1/s1. The Kier molecular flexibility index (Phi) is 5.91. The van der Waals surface area contributed by atoms with Gasteiger partial charge in [-0.2, -0.15) is 0 Å². The Labute approximate surface area is 117 Å². The molecule has 0 heterocycles. The molecule has 3 nitrogen and oxygen atoms in total. The highest BCUT2D eigenvalue weighted by Crippen LogP contribution is 2.06. The average molecular weight is 346 g/mol. The molecule has 0 unspecified atom stereocenters. The fourth-order valence-electron chi connectivity index (χ4n) is 1.66.